The minimum atomic E-state index is -0.0979. The number of halogens is 1. The summed E-state index contributed by atoms with van der Waals surface area (Å²) in [5.74, 6) is 2.31. The van der Waals surface area contributed by atoms with Crippen molar-refractivity contribution in [1.29, 1.82) is 0 Å². The van der Waals surface area contributed by atoms with Gasteiger partial charge in [0.2, 0.25) is 5.91 Å². The Kier molecular flexibility index (Phi) is 10.3. The predicted octanol–water partition coefficient (Wildman–Crippen LogP) is 2.84. The Balaban J connectivity index is 0.00000363. The fourth-order valence-corrected chi connectivity index (χ4v) is 3.31. The standard InChI is InChI=1S/C23H30N6O2.HI/c1-17-28-20-7-4-5-8-21(20)29(17)14-6-13-25-23(24-2)27-16-22(30)26-15-18-9-11-19(31-3)12-10-18;/h4-5,7-12H,6,13-16H2,1-3H3,(H,26,30)(H2,24,25,27);1H. The fourth-order valence-electron chi connectivity index (χ4n) is 3.31. The molecule has 3 N–H and O–H groups in total. The predicted molar refractivity (Wildman–Crippen MR) is 139 cm³/mol. The second-order valence-electron chi connectivity index (χ2n) is 7.13. The van der Waals surface area contributed by atoms with Crippen molar-refractivity contribution < 1.29 is 9.53 Å². The zero-order valence-electron chi connectivity index (χ0n) is 18.7. The Morgan fingerprint density at radius 3 is 2.56 bits per heavy atom. The van der Waals surface area contributed by atoms with Gasteiger partial charge in [-0.25, -0.2) is 4.98 Å². The van der Waals surface area contributed by atoms with Gasteiger partial charge in [-0.3, -0.25) is 9.79 Å². The van der Waals surface area contributed by atoms with Crippen LogP contribution in [0, 0.1) is 6.92 Å². The number of aryl methyl sites for hydroxylation is 2. The molecule has 9 heteroatoms. The van der Waals surface area contributed by atoms with E-state index in [1.54, 1.807) is 14.2 Å². The average molecular weight is 550 g/mol. The van der Waals surface area contributed by atoms with Crippen molar-refractivity contribution in [2.45, 2.75) is 26.4 Å². The van der Waals surface area contributed by atoms with Crippen molar-refractivity contribution in [3.8, 4) is 5.75 Å². The summed E-state index contributed by atoms with van der Waals surface area (Å²) < 4.78 is 7.36. The molecule has 0 spiro atoms. The summed E-state index contributed by atoms with van der Waals surface area (Å²) in [6.07, 6.45) is 0.908. The van der Waals surface area contributed by atoms with Gasteiger partial charge in [-0.1, -0.05) is 24.3 Å². The van der Waals surface area contributed by atoms with Gasteiger partial charge in [0.15, 0.2) is 5.96 Å². The highest BCUT2D eigenvalue weighted by Gasteiger charge is 2.07. The Hall–Kier alpha value is -2.82. The molecule has 0 saturated heterocycles. The summed E-state index contributed by atoms with van der Waals surface area (Å²) in [6.45, 7) is 4.24. The lowest BCUT2D eigenvalue weighted by atomic mass is 10.2. The number of imidazole rings is 1. The molecule has 0 aliphatic heterocycles. The van der Waals surface area contributed by atoms with Crippen LogP contribution >= 0.6 is 24.0 Å². The third kappa shape index (κ3) is 7.11. The van der Waals surface area contributed by atoms with Gasteiger partial charge in [0, 0.05) is 26.7 Å². The highest BCUT2D eigenvalue weighted by Crippen LogP contribution is 2.15. The number of nitrogens with zero attached hydrogens (tertiary/aromatic N) is 3. The molecule has 32 heavy (non-hydrogen) atoms. The number of amides is 1. The van der Waals surface area contributed by atoms with E-state index in [1.807, 2.05) is 49.4 Å². The topological polar surface area (TPSA) is 92.6 Å². The number of aliphatic imine (C=N–C) groups is 1. The molecule has 1 heterocycles. The largest absolute Gasteiger partial charge is 0.497 e. The molecule has 0 atom stereocenters. The molecule has 0 aliphatic rings. The molecule has 3 aromatic rings. The lowest BCUT2D eigenvalue weighted by Crippen LogP contribution is -2.43. The zero-order valence-corrected chi connectivity index (χ0v) is 21.1. The summed E-state index contributed by atoms with van der Waals surface area (Å²) in [6, 6.07) is 15.8. The van der Waals surface area contributed by atoms with Crippen LogP contribution in [0.15, 0.2) is 53.5 Å². The van der Waals surface area contributed by atoms with Gasteiger partial charge >= 0.3 is 0 Å². The fraction of sp³-hybridized carbons (Fsp3) is 0.348. The van der Waals surface area contributed by atoms with E-state index in [0.29, 0.717) is 12.5 Å². The molecule has 0 bridgehead atoms. The second kappa shape index (κ2) is 12.9. The summed E-state index contributed by atoms with van der Waals surface area (Å²) in [5, 5.41) is 9.19. The number of nitrogens with one attached hydrogen (secondary N) is 3. The van der Waals surface area contributed by atoms with E-state index in [-0.39, 0.29) is 36.4 Å². The molecule has 0 saturated carbocycles. The number of ether oxygens (including phenoxy) is 1. The number of benzene rings is 2. The van der Waals surface area contributed by atoms with Crippen LogP contribution in [0.25, 0.3) is 11.0 Å². The molecular formula is C23H31IN6O2. The first-order valence-corrected chi connectivity index (χ1v) is 10.4. The Labute approximate surface area is 205 Å². The monoisotopic (exact) mass is 550 g/mol. The van der Waals surface area contributed by atoms with Crippen molar-refractivity contribution in [2.75, 3.05) is 27.2 Å². The number of carbonyl (C=O) groups is 1. The minimum Gasteiger partial charge on any atom is -0.497 e. The third-order valence-electron chi connectivity index (χ3n) is 4.99. The molecule has 2 aromatic carbocycles. The van der Waals surface area contributed by atoms with E-state index in [1.165, 1.54) is 0 Å². The second-order valence-corrected chi connectivity index (χ2v) is 7.13. The van der Waals surface area contributed by atoms with Gasteiger partial charge in [-0.15, -0.1) is 24.0 Å². The van der Waals surface area contributed by atoms with Gasteiger partial charge in [-0.05, 0) is 43.2 Å². The zero-order chi connectivity index (χ0) is 22.1. The molecule has 0 aliphatic carbocycles. The number of hydrogen-bond donors (Lipinski definition) is 3. The molecule has 1 aromatic heterocycles. The highest BCUT2D eigenvalue weighted by atomic mass is 127. The first kappa shape index (κ1) is 25.4. The van der Waals surface area contributed by atoms with Gasteiger partial charge in [0.25, 0.3) is 0 Å². The number of rotatable bonds is 9. The van der Waals surface area contributed by atoms with Crippen molar-refractivity contribution in [1.82, 2.24) is 25.5 Å². The number of para-hydroxylation sites is 2. The van der Waals surface area contributed by atoms with Gasteiger partial charge in [0.1, 0.15) is 11.6 Å². The van der Waals surface area contributed by atoms with Gasteiger partial charge in [-0.2, -0.15) is 0 Å². The number of methoxy groups -OCH3 is 1. The minimum absolute atomic E-state index is 0. The van der Waals surface area contributed by atoms with E-state index < -0.39 is 0 Å². The third-order valence-corrected chi connectivity index (χ3v) is 4.99. The van der Waals surface area contributed by atoms with E-state index in [4.69, 9.17) is 4.74 Å². The highest BCUT2D eigenvalue weighted by molar-refractivity contribution is 14.0. The lowest BCUT2D eigenvalue weighted by Gasteiger charge is -2.13. The Morgan fingerprint density at radius 2 is 1.84 bits per heavy atom. The normalized spacial score (nSPS) is 11.0. The quantitative estimate of drug-likeness (QED) is 0.165. The number of carbonyl (C=O) groups excluding carboxylic acids is 1. The van der Waals surface area contributed by atoms with Crippen LogP contribution in [0.2, 0.25) is 0 Å². The van der Waals surface area contributed by atoms with E-state index in [0.717, 1.165) is 47.7 Å². The summed E-state index contributed by atoms with van der Waals surface area (Å²) >= 11 is 0. The average Bonchev–Trinajstić information content (AvgIpc) is 3.12. The van der Waals surface area contributed by atoms with Crippen LogP contribution in [-0.2, 0) is 17.9 Å². The molecule has 172 valence electrons. The van der Waals surface area contributed by atoms with Gasteiger partial charge < -0.3 is 25.3 Å². The first-order valence-electron chi connectivity index (χ1n) is 10.4. The molecular weight excluding hydrogens is 519 g/mol. The Morgan fingerprint density at radius 1 is 1.09 bits per heavy atom. The van der Waals surface area contributed by atoms with Crippen LogP contribution in [0.3, 0.4) is 0 Å². The van der Waals surface area contributed by atoms with Crippen LogP contribution in [0.5, 0.6) is 5.75 Å². The first-order chi connectivity index (χ1) is 15.1. The smallest absolute Gasteiger partial charge is 0.239 e. The van der Waals surface area contributed by atoms with Crippen LogP contribution in [0.4, 0.5) is 0 Å². The van der Waals surface area contributed by atoms with Gasteiger partial charge in [0.05, 0.1) is 24.7 Å². The van der Waals surface area contributed by atoms with E-state index in [9.17, 15) is 4.79 Å². The molecule has 8 nitrogen and oxygen atoms in total. The summed E-state index contributed by atoms with van der Waals surface area (Å²) in [5.41, 5.74) is 3.18. The Bertz CT molecular complexity index is 1030. The summed E-state index contributed by atoms with van der Waals surface area (Å²) in [4.78, 5) is 20.9. The molecule has 0 radical (unpaired) electrons. The maximum atomic E-state index is 12.1. The molecule has 3 rings (SSSR count). The molecule has 1 amide bonds. The lowest BCUT2D eigenvalue weighted by molar-refractivity contribution is -0.120. The van der Waals surface area contributed by atoms with Crippen LogP contribution in [-0.4, -0.2) is 48.7 Å². The van der Waals surface area contributed by atoms with Crippen LogP contribution < -0.4 is 20.7 Å². The molecule has 0 fully saturated rings. The van der Waals surface area contributed by atoms with Crippen molar-refractivity contribution in [2.24, 2.45) is 4.99 Å². The SMILES string of the molecule is CN=C(NCCCn1c(C)nc2ccccc21)NCC(=O)NCc1ccc(OC)cc1.I. The summed E-state index contributed by atoms with van der Waals surface area (Å²) in [7, 11) is 3.32. The molecule has 0 unspecified atom stereocenters. The number of aromatic nitrogens is 2. The number of fused-ring (bicyclic) bond motifs is 1. The maximum Gasteiger partial charge on any atom is 0.239 e. The van der Waals surface area contributed by atoms with Crippen molar-refractivity contribution >= 4 is 46.9 Å². The number of hydrogen-bond acceptors (Lipinski definition) is 4. The van der Waals surface area contributed by atoms with Crippen molar-refractivity contribution in [3.05, 3.63) is 59.9 Å². The van der Waals surface area contributed by atoms with Crippen LogP contribution in [0.1, 0.15) is 17.8 Å². The van der Waals surface area contributed by atoms with E-state index in [2.05, 4.69) is 36.6 Å². The van der Waals surface area contributed by atoms with E-state index >= 15 is 0 Å². The van der Waals surface area contributed by atoms with Crippen molar-refractivity contribution in [3.63, 3.8) is 0 Å². The maximum absolute atomic E-state index is 12.1. The number of guanidine groups is 1.